The first-order valence-electron chi connectivity index (χ1n) is 24.9. The molecule has 0 unspecified atom stereocenters. The molecule has 3 heterocycles. The summed E-state index contributed by atoms with van der Waals surface area (Å²) in [5.74, 6) is -0.0289. The third-order valence-corrected chi connectivity index (χ3v) is 16.0. The predicted molar refractivity (Wildman–Crippen MR) is 295 cm³/mol. The molecule has 0 N–H and O–H groups in total. The number of aromatic nitrogens is 2. The maximum Gasteiger partial charge on any atom is 0.307 e. The van der Waals surface area contributed by atoms with Gasteiger partial charge in [0.15, 0.2) is 11.4 Å². The molecular weight excluding hydrogens is 901 g/mol. The number of para-hydroxylation sites is 4. The molecule has 1 aromatic heterocycles. The van der Waals surface area contributed by atoms with Crippen LogP contribution in [0.4, 0.5) is 39.9 Å². The minimum absolute atomic E-state index is 0.00808. The van der Waals surface area contributed by atoms with Gasteiger partial charge in [-0.2, -0.15) is 5.26 Å². The van der Waals surface area contributed by atoms with Crippen molar-refractivity contribution in [2.24, 2.45) is 0 Å². The second kappa shape index (κ2) is 15.7. The highest BCUT2D eigenvalue weighted by atomic mass is 15.2. The first-order chi connectivity index (χ1) is 36.6. The van der Waals surface area contributed by atoms with Crippen molar-refractivity contribution >= 4 is 39.9 Å². The second-order valence-corrected chi connectivity index (χ2v) is 19.3. The maximum atomic E-state index is 10.3. The lowest BCUT2D eigenvalue weighted by Gasteiger charge is -2.45. The van der Waals surface area contributed by atoms with Crippen LogP contribution in [-0.2, 0) is 10.8 Å². The van der Waals surface area contributed by atoms with Gasteiger partial charge < -0.3 is 14.6 Å². The van der Waals surface area contributed by atoms with E-state index >= 15 is 0 Å². The van der Waals surface area contributed by atoms with Crippen molar-refractivity contribution in [3.05, 3.63) is 304 Å². The smallest absolute Gasteiger partial charge is 0.307 e. The van der Waals surface area contributed by atoms with Crippen molar-refractivity contribution in [1.29, 1.82) is 5.26 Å². The number of hydrogen-bond donors (Lipinski definition) is 0. The van der Waals surface area contributed by atoms with Gasteiger partial charge in [0, 0.05) is 22.5 Å². The third-order valence-electron chi connectivity index (χ3n) is 16.0. The fourth-order valence-corrected chi connectivity index (χ4v) is 13.2. The van der Waals surface area contributed by atoms with Crippen LogP contribution in [0.25, 0.3) is 49.6 Å². The summed E-state index contributed by atoms with van der Waals surface area (Å²) in [6.45, 7) is 8.05. The van der Waals surface area contributed by atoms with E-state index in [0.717, 1.165) is 45.3 Å². The zero-order valence-corrected chi connectivity index (χ0v) is 39.8. The Morgan fingerprint density at radius 3 is 0.946 bits per heavy atom. The van der Waals surface area contributed by atoms with Crippen LogP contribution in [0.5, 0.6) is 0 Å². The van der Waals surface area contributed by atoms with E-state index in [1.807, 2.05) is 0 Å². The molecule has 11 aromatic rings. The van der Waals surface area contributed by atoms with E-state index in [9.17, 15) is 5.26 Å². The molecule has 2 aliphatic carbocycles. The summed E-state index contributed by atoms with van der Waals surface area (Å²) in [6.07, 6.45) is 0. The molecule has 342 valence electrons. The Morgan fingerprint density at radius 2 is 0.635 bits per heavy atom. The van der Waals surface area contributed by atoms with Gasteiger partial charge >= 0.3 is 5.82 Å². The first-order valence-corrected chi connectivity index (χ1v) is 24.9. The Labute approximate surface area is 428 Å². The van der Waals surface area contributed by atoms with E-state index in [1.54, 1.807) is 0 Å². The standard InChI is InChI=1S/C68H40N6/c1-70-66-59(42-69)71-64(43-34-38-45(39-35-43)73-60-30-14-10-26-55(60)67(56-27-11-15-31-61(56)73)51-22-6-2-18-47(51)48-19-3-7-23-52(48)67)65(72-66)44-36-40-46(41-37-44)74-62-32-16-12-28-57(62)68(58-29-13-17-33-63(58)74)53-24-8-4-20-49(53)50-21-5-9-25-54(50)68/h2-41H. The van der Waals surface area contributed by atoms with Gasteiger partial charge in [-0.05, 0) is 127 Å². The lowest BCUT2D eigenvalue weighted by Crippen LogP contribution is -2.36. The van der Waals surface area contributed by atoms with Crippen LogP contribution in [0.15, 0.2) is 243 Å². The monoisotopic (exact) mass is 940 g/mol. The average molecular weight is 941 g/mol. The van der Waals surface area contributed by atoms with Gasteiger partial charge in [0.25, 0.3) is 0 Å². The van der Waals surface area contributed by atoms with Crippen LogP contribution < -0.4 is 9.80 Å². The van der Waals surface area contributed by atoms with Crippen molar-refractivity contribution in [3.8, 4) is 50.8 Å². The highest BCUT2D eigenvalue weighted by molar-refractivity contribution is 5.98. The van der Waals surface area contributed by atoms with Crippen LogP contribution in [-0.4, -0.2) is 9.97 Å². The highest BCUT2D eigenvalue weighted by Gasteiger charge is 2.53. The molecule has 0 saturated carbocycles. The van der Waals surface area contributed by atoms with Crippen molar-refractivity contribution in [3.63, 3.8) is 0 Å². The average Bonchev–Trinajstić information content (AvgIpc) is 3.95. The first kappa shape index (κ1) is 41.6. The molecule has 2 spiro atoms. The molecule has 0 bridgehead atoms. The summed E-state index contributed by atoms with van der Waals surface area (Å²) >= 11 is 0. The number of benzene rings is 10. The summed E-state index contributed by atoms with van der Waals surface area (Å²) in [6, 6.07) is 89.4. The normalized spacial score (nSPS) is 14.1. The number of rotatable bonds is 4. The van der Waals surface area contributed by atoms with Crippen molar-refractivity contribution < 1.29 is 0 Å². The number of nitriles is 1. The molecule has 0 atom stereocenters. The van der Waals surface area contributed by atoms with Crippen LogP contribution >= 0.6 is 0 Å². The van der Waals surface area contributed by atoms with E-state index in [-0.39, 0.29) is 11.5 Å². The third kappa shape index (κ3) is 5.41. The fourth-order valence-electron chi connectivity index (χ4n) is 13.2. The Morgan fingerprint density at radius 1 is 0.351 bits per heavy atom. The van der Waals surface area contributed by atoms with Crippen LogP contribution in [0.1, 0.15) is 50.2 Å². The van der Waals surface area contributed by atoms with Gasteiger partial charge in [-0.3, -0.25) is 0 Å². The zero-order chi connectivity index (χ0) is 49.1. The molecular formula is C68H40N6. The zero-order valence-electron chi connectivity index (χ0n) is 39.8. The molecule has 0 saturated heterocycles. The highest BCUT2D eigenvalue weighted by Crippen LogP contribution is 2.65. The summed E-state index contributed by atoms with van der Waals surface area (Å²) in [5.41, 5.74) is 23.0. The molecule has 0 fully saturated rings. The molecule has 4 aliphatic rings. The largest absolute Gasteiger partial charge is 0.358 e. The maximum absolute atomic E-state index is 10.3. The van der Waals surface area contributed by atoms with Gasteiger partial charge in [0.05, 0.1) is 33.6 Å². The van der Waals surface area contributed by atoms with Crippen LogP contribution in [0.2, 0.25) is 0 Å². The lowest BCUT2D eigenvalue weighted by atomic mass is 9.64. The van der Waals surface area contributed by atoms with Gasteiger partial charge in [-0.1, -0.05) is 189 Å². The second-order valence-electron chi connectivity index (χ2n) is 19.3. The van der Waals surface area contributed by atoms with E-state index in [2.05, 4.69) is 263 Å². The SMILES string of the molecule is [C-]#[N+]c1nc(-c2ccc(N3c4ccccc4C4(c5ccccc5-c5ccccc54)c4ccccc43)cc2)c(-c2ccc(N3c4ccccc4C4(c5ccccc5-c5ccccc54)c4ccccc43)cc2)nc1C#N. The molecule has 74 heavy (non-hydrogen) atoms. The molecule has 6 nitrogen and oxygen atoms in total. The molecule has 2 aliphatic heterocycles. The Kier molecular flexibility index (Phi) is 8.82. The Hall–Kier alpha value is -10.1. The number of hydrogen-bond acceptors (Lipinski definition) is 5. The molecule has 6 heteroatoms. The predicted octanol–water partition coefficient (Wildman–Crippen LogP) is 16.5. The van der Waals surface area contributed by atoms with Crippen LogP contribution in [0.3, 0.4) is 0 Å². The molecule has 15 rings (SSSR count). The van der Waals surface area contributed by atoms with Crippen molar-refractivity contribution in [2.45, 2.75) is 10.8 Å². The summed E-state index contributed by atoms with van der Waals surface area (Å²) in [7, 11) is 0. The van der Waals surface area contributed by atoms with Gasteiger partial charge in [0.2, 0.25) is 0 Å². The number of nitrogens with zero attached hydrogens (tertiary/aromatic N) is 6. The molecule has 0 amide bonds. The summed E-state index contributed by atoms with van der Waals surface area (Å²) < 4.78 is 0. The summed E-state index contributed by atoms with van der Waals surface area (Å²) in [4.78, 5) is 18.2. The Bertz CT molecular complexity index is 3790. The van der Waals surface area contributed by atoms with E-state index in [4.69, 9.17) is 16.5 Å². The van der Waals surface area contributed by atoms with Crippen molar-refractivity contribution in [2.75, 3.05) is 9.80 Å². The van der Waals surface area contributed by atoms with Gasteiger partial charge in [0.1, 0.15) is 11.8 Å². The number of fused-ring (bicyclic) bond motifs is 18. The van der Waals surface area contributed by atoms with Gasteiger partial charge in [-0.15, -0.1) is 4.98 Å². The summed E-state index contributed by atoms with van der Waals surface area (Å²) in [5, 5.41) is 10.3. The topological polar surface area (TPSA) is 60.4 Å². The fraction of sp³-hybridized carbons (Fsp3) is 0.0294. The molecule has 0 radical (unpaired) electrons. The molecule has 10 aromatic carbocycles. The van der Waals surface area contributed by atoms with E-state index < -0.39 is 10.8 Å². The minimum Gasteiger partial charge on any atom is -0.358 e. The van der Waals surface area contributed by atoms with E-state index in [0.29, 0.717) is 11.4 Å². The Balaban J connectivity index is 0.837. The lowest BCUT2D eigenvalue weighted by molar-refractivity contribution is 0.752. The van der Waals surface area contributed by atoms with Gasteiger partial charge in [-0.25, -0.2) is 4.98 Å². The minimum atomic E-state index is -0.507. The van der Waals surface area contributed by atoms with E-state index in [1.165, 1.54) is 66.8 Å². The van der Waals surface area contributed by atoms with Crippen molar-refractivity contribution in [1.82, 2.24) is 9.97 Å². The van der Waals surface area contributed by atoms with Crippen LogP contribution in [0, 0.1) is 17.9 Å². The quantitative estimate of drug-likeness (QED) is 0.165. The number of anilines is 6.